The van der Waals surface area contributed by atoms with Crippen molar-refractivity contribution in [2.24, 2.45) is 0 Å². The second-order valence-corrected chi connectivity index (χ2v) is 7.81. The average molecular weight is 293 g/mol. The quantitative estimate of drug-likeness (QED) is 0.843. The van der Waals surface area contributed by atoms with Crippen LogP contribution < -0.4 is 10.2 Å². The molecular weight excluding hydrogens is 266 g/mol. The van der Waals surface area contributed by atoms with E-state index in [4.69, 9.17) is 4.98 Å². The maximum absolute atomic E-state index is 4.81. The van der Waals surface area contributed by atoms with Crippen LogP contribution in [0.15, 0.2) is 18.2 Å². The molecule has 1 aromatic heterocycles. The van der Waals surface area contributed by atoms with Gasteiger partial charge in [-0.3, -0.25) is 0 Å². The van der Waals surface area contributed by atoms with Gasteiger partial charge in [0.05, 0.1) is 5.69 Å². The summed E-state index contributed by atoms with van der Waals surface area (Å²) in [4.78, 5) is 7.25. The van der Waals surface area contributed by atoms with E-state index < -0.39 is 0 Å². The van der Waals surface area contributed by atoms with Gasteiger partial charge in [0.25, 0.3) is 0 Å². The first-order chi connectivity index (χ1) is 9.61. The molecule has 1 aliphatic heterocycles. The van der Waals surface area contributed by atoms with Gasteiger partial charge in [-0.05, 0) is 31.5 Å². The molecule has 0 aliphatic carbocycles. The van der Waals surface area contributed by atoms with Gasteiger partial charge in [-0.15, -0.1) is 0 Å². The Bertz CT molecular complexity index is 420. The van der Waals surface area contributed by atoms with Crippen molar-refractivity contribution < 1.29 is 0 Å². The molecule has 20 heavy (non-hydrogen) atoms. The molecule has 1 aliphatic rings. The van der Waals surface area contributed by atoms with Crippen LogP contribution in [0.5, 0.6) is 0 Å². The number of hydrogen-bond donors (Lipinski definition) is 1. The summed E-state index contributed by atoms with van der Waals surface area (Å²) in [7, 11) is 0. The summed E-state index contributed by atoms with van der Waals surface area (Å²) in [5, 5.41) is 3.42. The van der Waals surface area contributed by atoms with Crippen LogP contribution in [0, 0.1) is 0 Å². The van der Waals surface area contributed by atoms with E-state index in [0.717, 1.165) is 44.1 Å². The van der Waals surface area contributed by atoms with Crippen molar-refractivity contribution in [3.05, 3.63) is 23.9 Å². The Morgan fingerprint density at radius 3 is 3.00 bits per heavy atom. The molecule has 2 heterocycles. The van der Waals surface area contributed by atoms with Crippen molar-refractivity contribution in [3.8, 4) is 0 Å². The van der Waals surface area contributed by atoms with E-state index in [-0.39, 0.29) is 0 Å². The van der Waals surface area contributed by atoms with E-state index >= 15 is 0 Å². The average Bonchev–Trinajstić information content (AvgIpc) is 2.60. The summed E-state index contributed by atoms with van der Waals surface area (Å²) < 4.78 is 0.398. The van der Waals surface area contributed by atoms with Gasteiger partial charge >= 0.3 is 0 Å². The fraction of sp³-hybridized carbons (Fsp3) is 0.688. The van der Waals surface area contributed by atoms with Crippen molar-refractivity contribution in [2.75, 3.05) is 30.3 Å². The molecule has 0 radical (unpaired) electrons. The van der Waals surface area contributed by atoms with Gasteiger partial charge in [0, 0.05) is 30.1 Å². The van der Waals surface area contributed by atoms with Crippen LogP contribution >= 0.6 is 11.8 Å². The molecule has 0 aromatic carbocycles. The molecule has 1 fully saturated rings. The monoisotopic (exact) mass is 293 g/mol. The van der Waals surface area contributed by atoms with E-state index in [9.17, 15) is 0 Å². The topological polar surface area (TPSA) is 28.2 Å². The number of thioether (sulfide) groups is 1. The van der Waals surface area contributed by atoms with Crippen LogP contribution in [0.25, 0.3) is 0 Å². The Kier molecular flexibility index (Phi) is 5.73. The van der Waals surface area contributed by atoms with E-state index in [2.05, 4.69) is 60.9 Å². The highest BCUT2D eigenvalue weighted by Gasteiger charge is 2.24. The van der Waals surface area contributed by atoms with E-state index in [0.29, 0.717) is 4.75 Å². The maximum atomic E-state index is 4.81. The van der Waals surface area contributed by atoms with Crippen molar-refractivity contribution >= 4 is 17.6 Å². The predicted molar refractivity (Wildman–Crippen MR) is 89.6 cm³/mol. The van der Waals surface area contributed by atoms with E-state index in [1.165, 1.54) is 12.2 Å². The van der Waals surface area contributed by atoms with Crippen LogP contribution in [0.3, 0.4) is 0 Å². The van der Waals surface area contributed by atoms with Gasteiger partial charge in [-0.2, -0.15) is 11.8 Å². The van der Waals surface area contributed by atoms with Crippen LogP contribution in [0.1, 0.15) is 39.3 Å². The minimum Gasteiger partial charge on any atom is -0.356 e. The highest BCUT2D eigenvalue weighted by molar-refractivity contribution is 8.00. The molecule has 112 valence electrons. The number of anilines is 1. The lowest BCUT2D eigenvalue weighted by Crippen LogP contribution is -2.28. The van der Waals surface area contributed by atoms with Crippen LogP contribution in [0.4, 0.5) is 5.82 Å². The minimum absolute atomic E-state index is 0.398. The number of nitrogens with zero attached hydrogens (tertiary/aromatic N) is 2. The van der Waals surface area contributed by atoms with Gasteiger partial charge in [-0.1, -0.05) is 26.8 Å². The molecule has 2 rings (SSSR count). The summed E-state index contributed by atoms with van der Waals surface area (Å²) in [5.74, 6) is 2.33. The molecule has 0 spiro atoms. The Morgan fingerprint density at radius 1 is 1.35 bits per heavy atom. The largest absolute Gasteiger partial charge is 0.356 e. The van der Waals surface area contributed by atoms with E-state index in [1.54, 1.807) is 0 Å². The van der Waals surface area contributed by atoms with Crippen LogP contribution in [-0.4, -0.2) is 35.1 Å². The first-order valence-electron chi connectivity index (χ1n) is 7.66. The Hall–Kier alpha value is -0.740. The second kappa shape index (κ2) is 7.32. The fourth-order valence-corrected chi connectivity index (χ4v) is 3.48. The van der Waals surface area contributed by atoms with Gasteiger partial charge in [0.1, 0.15) is 5.82 Å². The lowest BCUT2D eigenvalue weighted by molar-refractivity contribution is 0.632. The zero-order chi connectivity index (χ0) is 14.4. The molecule has 1 saturated heterocycles. The number of hydrogen-bond acceptors (Lipinski definition) is 4. The Balaban J connectivity index is 1.99. The SMILES string of the molecule is CCCNCc1cccc(N2CCSC(C)(C)CC2)n1. The molecule has 3 nitrogen and oxygen atoms in total. The highest BCUT2D eigenvalue weighted by Crippen LogP contribution is 2.31. The highest BCUT2D eigenvalue weighted by atomic mass is 32.2. The number of rotatable bonds is 5. The van der Waals surface area contributed by atoms with Crippen LogP contribution in [-0.2, 0) is 6.54 Å². The summed E-state index contributed by atoms with van der Waals surface area (Å²) >= 11 is 2.08. The zero-order valence-corrected chi connectivity index (χ0v) is 13.8. The Labute approximate surface area is 127 Å². The van der Waals surface area contributed by atoms with E-state index in [1.807, 2.05) is 0 Å². The maximum Gasteiger partial charge on any atom is 0.128 e. The minimum atomic E-state index is 0.398. The number of aromatic nitrogens is 1. The zero-order valence-electron chi connectivity index (χ0n) is 13.0. The smallest absolute Gasteiger partial charge is 0.128 e. The van der Waals surface area contributed by atoms with Crippen LogP contribution in [0.2, 0.25) is 0 Å². The molecule has 4 heteroatoms. The van der Waals surface area contributed by atoms with Gasteiger partial charge < -0.3 is 10.2 Å². The molecule has 0 saturated carbocycles. The third kappa shape index (κ3) is 4.67. The summed E-state index contributed by atoms with van der Waals surface area (Å²) in [6.45, 7) is 11.0. The third-order valence-electron chi connectivity index (χ3n) is 3.69. The Morgan fingerprint density at radius 2 is 2.20 bits per heavy atom. The summed E-state index contributed by atoms with van der Waals surface area (Å²) in [6, 6.07) is 6.39. The van der Waals surface area contributed by atoms with Crippen molar-refractivity contribution in [2.45, 2.75) is 44.9 Å². The van der Waals surface area contributed by atoms with Gasteiger partial charge in [0.15, 0.2) is 0 Å². The first-order valence-corrected chi connectivity index (χ1v) is 8.65. The predicted octanol–water partition coefficient (Wildman–Crippen LogP) is 3.30. The summed E-state index contributed by atoms with van der Waals surface area (Å²) in [6.07, 6.45) is 2.38. The molecular formula is C16H27N3S. The summed E-state index contributed by atoms with van der Waals surface area (Å²) in [5.41, 5.74) is 1.15. The second-order valence-electron chi connectivity index (χ2n) is 6.01. The number of pyridine rings is 1. The van der Waals surface area contributed by atoms with Gasteiger partial charge in [-0.25, -0.2) is 4.98 Å². The normalized spacial score (nSPS) is 18.9. The van der Waals surface area contributed by atoms with Crippen molar-refractivity contribution in [1.82, 2.24) is 10.3 Å². The molecule has 0 unspecified atom stereocenters. The molecule has 1 N–H and O–H groups in total. The first kappa shape index (κ1) is 15.6. The fourth-order valence-electron chi connectivity index (χ4n) is 2.38. The van der Waals surface area contributed by atoms with Crippen molar-refractivity contribution in [3.63, 3.8) is 0 Å². The number of nitrogens with one attached hydrogen (secondary N) is 1. The molecule has 0 bridgehead atoms. The lowest BCUT2D eigenvalue weighted by atomic mass is 10.1. The molecule has 0 amide bonds. The molecule has 0 atom stereocenters. The molecule has 1 aromatic rings. The third-order valence-corrected chi connectivity index (χ3v) is 5.06. The van der Waals surface area contributed by atoms with Crippen molar-refractivity contribution in [1.29, 1.82) is 0 Å². The van der Waals surface area contributed by atoms with Gasteiger partial charge in [0.2, 0.25) is 0 Å². The lowest BCUT2D eigenvalue weighted by Gasteiger charge is -2.23. The standard InChI is InChI=1S/C16H27N3S/c1-4-9-17-13-14-6-5-7-15(18-14)19-10-8-16(2,3)20-12-11-19/h5-7,17H,4,8-13H2,1-3H3.